The number of nitrogens with zero attached hydrogens (tertiary/aromatic N) is 2. The number of pyridine rings is 1. The van der Waals surface area contributed by atoms with Crippen LogP contribution in [0.4, 0.5) is 5.82 Å². The van der Waals surface area contributed by atoms with Gasteiger partial charge in [-0.2, -0.15) is 0 Å². The van der Waals surface area contributed by atoms with Crippen molar-refractivity contribution in [3.8, 4) is 0 Å². The summed E-state index contributed by atoms with van der Waals surface area (Å²) >= 11 is 0. The lowest BCUT2D eigenvalue weighted by atomic mass is 10.1. The van der Waals surface area contributed by atoms with E-state index in [9.17, 15) is 4.79 Å². The van der Waals surface area contributed by atoms with Gasteiger partial charge in [-0.05, 0) is 37.0 Å². The van der Waals surface area contributed by atoms with Gasteiger partial charge in [-0.25, -0.2) is 4.98 Å². The second-order valence-corrected chi connectivity index (χ2v) is 5.33. The Morgan fingerprint density at radius 2 is 2.19 bits per heavy atom. The predicted octanol–water partition coefficient (Wildman–Crippen LogP) is 1.85. The van der Waals surface area contributed by atoms with Crippen LogP contribution < -0.4 is 16.0 Å². The minimum Gasteiger partial charge on any atom is -0.357 e. The van der Waals surface area contributed by atoms with Crippen LogP contribution in [-0.2, 0) is 11.3 Å². The van der Waals surface area contributed by atoms with E-state index in [2.05, 4.69) is 21.3 Å². The number of nitrogens with two attached hydrogens (primary N) is 1. The lowest BCUT2D eigenvalue weighted by Gasteiger charge is -2.17. The molecule has 1 amide bonds. The molecule has 1 aliphatic heterocycles. The molecule has 3 N–H and O–H groups in total. The van der Waals surface area contributed by atoms with Gasteiger partial charge in [0.2, 0.25) is 5.91 Å². The van der Waals surface area contributed by atoms with Crippen molar-refractivity contribution in [2.75, 3.05) is 18.0 Å². The Morgan fingerprint density at radius 1 is 1.48 bits per heavy atom. The molecule has 1 aromatic rings. The average Bonchev–Trinajstić information content (AvgIpc) is 2.99. The molecular weight excluding hydrogens is 288 g/mol. The summed E-state index contributed by atoms with van der Waals surface area (Å²) < 4.78 is 0. The van der Waals surface area contributed by atoms with Crippen LogP contribution in [0, 0.1) is 0 Å². The van der Waals surface area contributed by atoms with E-state index in [0.717, 1.165) is 37.3 Å². The molecule has 1 atom stereocenters. The monoisotopic (exact) mass is 312 g/mol. The summed E-state index contributed by atoms with van der Waals surface area (Å²) in [6, 6.07) is 3.59. The van der Waals surface area contributed by atoms with Crippen LogP contribution in [0.5, 0.6) is 0 Å². The highest BCUT2D eigenvalue weighted by atomic mass is 35.5. The maximum Gasteiger partial charge on any atom is 0.237 e. The van der Waals surface area contributed by atoms with Crippen molar-refractivity contribution in [1.29, 1.82) is 0 Å². The Bertz CT molecular complexity index is 449. The van der Waals surface area contributed by atoms with Crippen LogP contribution in [0.2, 0.25) is 0 Å². The molecule has 118 valence electrons. The molecule has 1 saturated heterocycles. The lowest BCUT2D eigenvalue weighted by Crippen LogP contribution is -2.40. The molecule has 21 heavy (non-hydrogen) atoms. The highest BCUT2D eigenvalue weighted by Gasteiger charge is 2.14. The molecule has 0 aliphatic carbocycles. The number of aromatic nitrogens is 1. The SMILES string of the molecule is CCCC(N)C(=O)NCc1ccnc(N2CCCC2)c1.Cl. The molecule has 2 rings (SSSR count). The van der Waals surface area contributed by atoms with E-state index in [0.29, 0.717) is 6.54 Å². The first-order valence-electron chi connectivity index (χ1n) is 7.44. The number of carbonyl (C=O) groups excluding carboxylic acids is 1. The van der Waals surface area contributed by atoms with E-state index in [1.54, 1.807) is 6.20 Å². The van der Waals surface area contributed by atoms with E-state index < -0.39 is 6.04 Å². The van der Waals surface area contributed by atoms with Gasteiger partial charge in [-0.15, -0.1) is 12.4 Å². The molecule has 0 radical (unpaired) electrons. The quantitative estimate of drug-likeness (QED) is 0.841. The van der Waals surface area contributed by atoms with Crippen molar-refractivity contribution in [2.45, 2.75) is 45.2 Å². The summed E-state index contributed by atoms with van der Waals surface area (Å²) in [7, 11) is 0. The van der Waals surface area contributed by atoms with Gasteiger partial charge < -0.3 is 16.0 Å². The highest BCUT2D eigenvalue weighted by molar-refractivity contribution is 5.85. The van der Waals surface area contributed by atoms with E-state index >= 15 is 0 Å². The Morgan fingerprint density at radius 3 is 2.86 bits per heavy atom. The number of anilines is 1. The van der Waals surface area contributed by atoms with Gasteiger partial charge in [0.05, 0.1) is 6.04 Å². The van der Waals surface area contributed by atoms with Gasteiger partial charge in [0, 0.05) is 25.8 Å². The fourth-order valence-corrected chi connectivity index (χ4v) is 2.45. The number of halogens is 1. The van der Waals surface area contributed by atoms with Gasteiger partial charge >= 0.3 is 0 Å². The summed E-state index contributed by atoms with van der Waals surface area (Å²) in [5.74, 6) is 0.929. The maximum atomic E-state index is 11.8. The fraction of sp³-hybridized carbons (Fsp3) is 0.600. The van der Waals surface area contributed by atoms with E-state index in [-0.39, 0.29) is 18.3 Å². The van der Waals surface area contributed by atoms with Gasteiger partial charge in [-0.1, -0.05) is 13.3 Å². The topological polar surface area (TPSA) is 71.2 Å². The third-order valence-corrected chi connectivity index (χ3v) is 3.64. The third-order valence-electron chi connectivity index (χ3n) is 3.64. The molecule has 1 fully saturated rings. The molecule has 5 nitrogen and oxygen atoms in total. The van der Waals surface area contributed by atoms with Crippen molar-refractivity contribution in [1.82, 2.24) is 10.3 Å². The minimum absolute atomic E-state index is 0. The predicted molar refractivity (Wildman–Crippen MR) is 87.7 cm³/mol. The maximum absolute atomic E-state index is 11.8. The largest absolute Gasteiger partial charge is 0.357 e. The Labute approximate surface area is 132 Å². The first-order chi connectivity index (χ1) is 9.70. The van der Waals surface area contributed by atoms with Crippen molar-refractivity contribution in [3.63, 3.8) is 0 Å². The normalized spacial score (nSPS) is 15.4. The lowest BCUT2D eigenvalue weighted by molar-refractivity contribution is -0.122. The molecule has 1 aromatic heterocycles. The van der Waals surface area contributed by atoms with Crippen LogP contribution >= 0.6 is 12.4 Å². The number of hydrogen-bond donors (Lipinski definition) is 2. The smallest absolute Gasteiger partial charge is 0.237 e. The fourth-order valence-electron chi connectivity index (χ4n) is 2.45. The van der Waals surface area contributed by atoms with Crippen molar-refractivity contribution in [2.24, 2.45) is 5.73 Å². The van der Waals surface area contributed by atoms with Crippen LogP contribution in [0.15, 0.2) is 18.3 Å². The molecule has 2 heterocycles. The molecule has 0 bridgehead atoms. The second-order valence-electron chi connectivity index (χ2n) is 5.33. The number of hydrogen-bond acceptors (Lipinski definition) is 4. The zero-order valence-electron chi connectivity index (χ0n) is 12.5. The Kier molecular flexibility index (Phi) is 7.47. The second kappa shape index (κ2) is 8.85. The molecule has 1 aliphatic rings. The highest BCUT2D eigenvalue weighted by Crippen LogP contribution is 2.18. The molecular formula is C15H25ClN4O. The van der Waals surface area contributed by atoms with Gasteiger partial charge in [0.15, 0.2) is 0 Å². The summed E-state index contributed by atoms with van der Waals surface area (Å²) in [5.41, 5.74) is 6.86. The molecule has 0 saturated carbocycles. The zero-order chi connectivity index (χ0) is 14.4. The minimum atomic E-state index is -0.403. The van der Waals surface area contributed by atoms with Gasteiger partial charge in [0.25, 0.3) is 0 Å². The van der Waals surface area contributed by atoms with Crippen LogP contribution in [0.3, 0.4) is 0 Å². The first-order valence-corrected chi connectivity index (χ1v) is 7.44. The first kappa shape index (κ1) is 17.7. The summed E-state index contributed by atoms with van der Waals surface area (Å²) in [6.07, 6.45) is 5.91. The number of amides is 1. The number of rotatable bonds is 6. The summed E-state index contributed by atoms with van der Waals surface area (Å²) in [4.78, 5) is 18.5. The van der Waals surface area contributed by atoms with E-state index in [4.69, 9.17) is 5.73 Å². The van der Waals surface area contributed by atoms with E-state index in [1.807, 2.05) is 13.0 Å². The van der Waals surface area contributed by atoms with E-state index in [1.165, 1.54) is 12.8 Å². The van der Waals surface area contributed by atoms with Crippen molar-refractivity contribution < 1.29 is 4.79 Å². The Balaban J connectivity index is 0.00000220. The third kappa shape index (κ3) is 5.17. The van der Waals surface area contributed by atoms with Gasteiger partial charge in [-0.3, -0.25) is 4.79 Å². The van der Waals surface area contributed by atoms with Crippen molar-refractivity contribution >= 4 is 24.1 Å². The zero-order valence-corrected chi connectivity index (χ0v) is 13.4. The van der Waals surface area contributed by atoms with Crippen LogP contribution in [0.1, 0.15) is 38.2 Å². The van der Waals surface area contributed by atoms with Crippen molar-refractivity contribution in [3.05, 3.63) is 23.9 Å². The average molecular weight is 313 g/mol. The number of carbonyl (C=O) groups is 1. The molecule has 1 unspecified atom stereocenters. The summed E-state index contributed by atoms with van der Waals surface area (Å²) in [5, 5.41) is 2.89. The molecule has 0 spiro atoms. The number of nitrogens with one attached hydrogen (secondary N) is 1. The summed E-state index contributed by atoms with van der Waals surface area (Å²) in [6.45, 7) is 4.69. The van der Waals surface area contributed by atoms with Gasteiger partial charge in [0.1, 0.15) is 5.82 Å². The van der Waals surface area contributed by atoms with Crippen LogP contribution in [-0.4, -0.2) is 30.0 Å². The van der Waals surface area contributed by atoms with Crippen LogP contribution in [0.25, 0.3) is 0 Å². The molecule has 6 heteroatoms. The molecule has 0 aromatic carbocycles. The standard InChI is InChI=1S/C15H24N4O.ClH/c1-2-5-13(16)15(20)18-11-12-6-7-17-14(10-12)19-8-3-4-9-19;/h6-7,10,13H,2-5,8-9,11,16H2,1H3,(H,18,20);1H. The Hall–Kier alpha value is -1.33.